The number of H-pyrrole nitrogens is 1. The van der Waals surface area contributed by atoms with E-state index >= 15 is 0 Å². The molecule has 0 radical (unpaired) electrons. The van der Waals surface area contributed by atoms with Gasteiger partial charge in [0.1, 0.15) is 5.82 Å². The highest BCUT2D eigenvalue weighted by atomic mass is 19.1. The topological polar surface area (TPSA) is 68.3 Å². The van der Waals surface area contributed by atoms with Gasteiger partial charge in [0, 0.05) is 33.9 Å². The first-order valence-corrected chi connectivity index (χ1v) is 8.22. The molecule has 1 heterocycles. The average molecular weight is 348 g/mol. The largest absolute Gasteiger partial charge is 0.504 e. The third kappa shape index (κ3) is 2.84. The molecule has 1 atom stereocenters. The summed E-state index contributed by atoms with van der Waals surface area (Å²) in [4.78, 5) is 3.13. The van der Waals surface area contributed by atoms with E-state index in [0.717, 1.165) is 16.8 Å². The van der Waals surface area contributed by atoms with Gasteiger partial charge < -0.3 is 20.5 Å². The van der Waals surface area contributed by atoms with Crippen molar-refractivity contribution in [3.63, 3.8) is 0 Å². The van der Waals surface area contributed by atoms with Crippen molar-refractivity contribution in [3.8, 4) is 11.5 Å². The monoisotopic (exact) mass is 348 g/mol. The van der Waals surface area contributed by atoms with Crippen molar-refractivity contribution in [1.29, 1.82) is 0 Å². The quantitative estimate of drug-likeness (QED) is 0.396. The summed E-state index contributed by atoms with van der Waals surface area (Å²) in [5.74, 6) is -0.739. The number of hydrogen-bond donors (Lipinski definition) is 4. The van der Waals surface area contributed by atoms with E-state index in [1.54, 1.807) is 24.4 Å². The highest BCUT2D eigenvalue weighted by Gasteiger charge is 2.22. The molecule has 4 nitrogen and oxygen atoms in total. The summed E-state index contributed by atoms with van der Waals surface area (Å²) in [5, 5.41) is 24.4. The van der Waals surface area contributed by atoms with Crippen LogP contribution in [-0.4, -0.2) is 15.2 Å². The average Bonchev–Trinajstić information content (AvgIpc) is 3.06. The number of halogens is 1. The Hall–Kier alpha value is -3.47. The van der Waals surface area contributed by atoms with Crippen molar-refractivity contribution in [2.45, 2.75) is 6.04 Å². The number of rotatable bonds is 4. The van der Waals surface area contributed by atoms with E-state index in [-0.39, 0.29) is 17.3 Å². The van der Waals surface area contributed by atoms with Gasteiger partial charge in [-0.3, -0.25) is 0 Å². The normalized spacial score (nSPS) is 12.2. The van der Waals surface area contributed by atoms with Gasteiger partial charge in [-0.25, -0.2) is 4.39 Å². The minimum absolute atomic E-state index is 0.201. The molecule has 1 unspecified atom stereocenters. The predicted octanol–water partition coefficient (Wildman–Crippen LogP) is 4.92. The molecule has 0 aliphatic heterocycles. The second-order valence-corrected chi connectivity index (χ2v) is 6.09. The molecule has 0 amide bonds. The highest BCUT2D eigenvalue weighted by molar-refractivity contribution is 5.85. The summed E-state index contributed by atoms with van der Waals surface area (Å²) in [6, 6.07) is 18.4. The summed E-state index contributed by atoms with van der Waals surface area (Å²) < 4.78 is 13.8. The number of benzene rings is 3. The molecule has 0 saturated heterocycles. The molecule has 26 heavy (non-hydrogen) atoms. The number of anilines is 1. The minimum atomic E-state index is -0.486. The van der Waals surface area contributed by atoms with Gasteiger partial charge in [-0.2, -0.15) is 0 Å². The summed E-state index contributed by atoms with van der Waals surface area (Å²) >= 11 is 0. The Morgan fingerprint density at radius 1 is 0.885 bits per heavy atom. The van der Waals surface area contributed by atoms with Crippen LogP contribution in [0.1, 0.15) is 17.2 Å². The maximum absolute atomic E-state index is 13.8. The molecule has 0 saturated carbocycles. The third-order valence-corrected chi connectivity index (χ3v) is 4.43. The second kappa shape index (κ2) is 6.44. The van der Waals surface area contributed by atoms with Gasteiger partial charge in [-0.15, -0.1) is 0 Å². The summed E-state index contributed by atoms with van der Waals surface area (Å²) in [6.45, 7) is 0. The van der Waals surface area contributed by atoms with E-state index in [1.807, 2.05) is 30.3 Å². The maximum Gasteiger partial charge on any atom is 0.163 e. The number of phenols is 2. The van der Waals surface area contributed by atoms with Gasteiger partial charge >= 0.3 is 0 Å². The summed E-state index contributed by atoms with van der Waals surface area (Å²) in [7, 11) is 0. The number of nitrogens with one attached hydrogen (secondary N) is 2. The molecule has 0 spiro atoms. The number of phenolic OH excluding ortho intramolecular Hbond substituents is 2. The Morgan fingerprint density at radius 2 is 1.69 bits per heavy atom. The van der Waals surface area contributed by atoms with Crippen LogP contribution in [0.4, 0.5) is 10.1 Å². The van der Waals surface area contributed by atoms with Crippen molar-refractivity contribution in [1.82, 2.24) is 4.98 Å². The Morgan fingerprint density at radius 3 is 2.50 bits per heavy atom. The lowest BCUT2D eigenvalue weighted by Gasteiger charge is -2.21. The number of aromatic hydroxyl groups is 2. The van der Waals surface area contributed by atoms with Crippen molar-refractivity contribution in [2.75, 3.05) is 5.32 Å². The zero-order valence-electron chi connectivity index (χ0n) is 13.8. The lowest BCUT2D eigenvalue weighted by Crippen LogP contribution is -2.12. The first kappa shape index (κ1) is 16.0. The molecule has 4 aromatic rings. The molecule has 0 fully saturated rings. The van der Waals surface area contributed by atoms with Crippen LogP contribution >= 0.6 is 0 Å². The van der Waals surface area contributed by atoms with E-state index in [1.165, 1.54) is 18.2 Å². The lowest BCUT2D eigenvalue weighted by molar-refractivity contribution is 0.398. The van der Waals surface area contributed by atoms with Crippen LogP contribution < -0.4 is 5.32 Å². The molecule has 1 aromatic heterocycles. The molecule has 0 bridgehead atoms. The van der Waals surface area contributed by atoms with Crippen LogP contribution in [0.15, 0.2) is 72.9 Å². The second-order valence-electron chi connectivity index (χ2n) is 6.09. The SMILES string of the molecule is Oc1cccc(C(Nc2ccccc2)c2c[nH]c3ccc(F)cc23)c1O. The molecular weight excluding hydrogens is 331 g/mol. The van der Waals surface area contributed by atoms with Crippen molar-refractivity contribution < 1.29 is 14.6 Å². The van der Waals surface area contributed by atoms with E-state index in [9.17, 15) is 14.6 Å². The Bertz CT molecular complexity index is 1060. The predicted molar refractivity (Wildman–Crippen MR) is 99.9 cm³/mol. The molecule has 0 aliphatic rings. The number of aromatic amines is 1. The van der Waals surface area contributed by atoms with E-state index in [0.29, 0.717) is 10.9 Å². The molecular formula is C21H17FN2O2. The van der Waals surface area contributed by atoms with Gasteiger partial charge in [0.25, 0.3) is 0 Å². The van der Waals surface area contributed by atoms with E-state index in [2.05, 4.69) is 10.3 Å². The van der Waals surface area contributed by atoms with Gasteiger partial charge in [0.2, 0.25) is 0 Å². The Labute approximate surface area is 149 Å². The van der Waals surface area contributed by atoms with E-state index < -0.39 is 6.04 Å². The molecule has 130 valence electrons. The van der Waals surface area contributed by atoms with Crippen molar-refractivity contribution >= 4 is 16.6 Å². The number of aromatic nitrogens is 1. The highest BCUT2D eigenvalue weighted by Crippen LogP contribution is 2.39. The summed E-state index contributed by atoms with van der Waals surface area (Å²) in [5.41, 5.74) is 2.90. The maximum atomic E-state index is 13.8. The number of hydrogen-bond acceptors (Lipinski definition) is 3. The van der Waals surface area contributed by atoms with Crippen LogP contribution in [0, 0.1) is 5.82 Å². The van der Waals surface area contributed by atoms with Crippen LogP contribution in [0.3, 0.4) is 0 Å². The third-order valence-electron chi connectivity index (χ3n) is 4.43. The van der Waals surface area contributed by atoms with Gasteiger partial charge in [-0.05, 0) is 36.4 Å². The Balaban J connectivity index is 1.89. The molecule has 4 N–H and O–H groups in total. The fraction of sp³-hybridized carbons (Fsp3) is 0.0476. The minimum Gasteiger partial charge on any atom is -0.504 e. The Kier molecular flexibility index (Phi) is 3.97. The molecule has 0 aliphatic carbocycles. The lowest BCUT2D eigenvalue weighted by atomic mass is 9.96. The molecule has 3 aromatic carbocycles. The van der Waals surface area contributed by atoms with Gasteiger partial charge in [0.05, 0.1) is 6.04 Å². The number of para-hydroxylation sites is 2. The fourth-order valence-electron chi connectivity index (χ4n) is 3.16. The van der Waals surface area contributed by atoms with Crippen molar-refractivity contribution in [2.24, 2.45) is 0 Å². The van der Waals surface area contributed by atoms with Crippen LogP contribution in [0.5, 0.6) is 11.5 Å². The van der Waals surface area contributed by atoms with Crippen LogP contribution in [0.25, 0.3) is 10.9 Å². The van der Waals surface area contributed by atoms with Gasteiger partial charge in [-0.1, -0.05) is 30.3 Å². The molecule has 4 rings (SSSR count). The van der Waals surface area contributed by atoms with E-state index in [4.69, 9.17) is 0 Å². The van der Waals surface area contributed by atoms with Gasteiger partial charge in [0.15, 0.2) is 11.5 Å². The van der Waals surface area contributed by atoms with Crippen LogP contribution in [-0.2, 0) is 0 Å². The smallest absolute Gasteiger partial charge is 0.163 e. The fourth-order valence-corrected chi connectivity index (χ4v) is 3.16. The zero-order chi connectivity index (χ0) is 18.1. The van der Waals surface area contributed by atoms with Crippen LogP contribution in [0.2, 0.25) is 0 Å². The standard InChI is InChI=1S/C21H17FN2O2/c22-13-9-10-18-16(11-13)17(12-23-18)20(24-14-5-2-1-3-6-14)15-7-4-8-19(25)21(15)26/h1-12,20,23-26H. The first-order valence-electron chi connectivity index (χ1n) is 8.22. The summed E-state index contributed by atoms with van der Waals surface area (Å²) in [6.07, 6.45) is 1.79. The number of fused-ring (bicyclic) bond motifs is 1. The zero-order valence-corrected chi connectivity index (χ0v) is 13.8. The first-order chi connectivity index (χ1) is 12.6. The van der Waals surface area contributed by atoms with Crippen molar-refractivity contribution in [3.05, 3.63) is 89.9 Å². The molecule has 5 heteroatoms.